The van der Waals surface area contributed by atoms with Gasteiger partial charge in [0.05, 0.1) is 6.10 Å². The molecule has 1 N–H and O–H groups in total. The standard InChI is InChI=1S/C27H37N5O4/c1-3-20(2)31(15-12-25(33)28-18-22-11-7-16-36-22)26(34)23-17-24-27(35)30(13-8-14-32(24)29-23)19-21-9-5-4-6-10-21/h4-6,9-10,17,20,22H,3,7-8,11-16,18-19H2,1-2H3,(H,28,33)/t20-,22-/m1/s1. The number of carbonyl (C=O) groups is 3. The predicted molar refractivity (Wildman–Crippen MR) is 135 cm³/mol. The Hall–Kier alpha value is -3.20. The third-order valence-electron chi connectivity index (χ3n) is 7.03. The van der Waals surface area contributed by atoms with E-state index in [-0.39, 0.29) is 42.0 Å². The molecule has 1 aromatic heterocycles. The van der Waals surface area contributed by atoms with Gasteiger partial charge in [0.2, 0.25) is 5.91 Å². The summed E-state index contributed by atoms with van der Waals surface area (Å²) in [6.45, 7) is 7.26. The van der Waals surface area contributed by atoms with Crippen molar-refractivity contribution in [1.29, 1.82) is 0 Å². The van der Waals surface area contributed by atoms with Crippen molar-refractivity contribution in [2.45, 2.75) is 71.2 Å². The molecule has 2 aliphatic heterocycles. The number of nitrogens with zero attached hydrogens (tertiary/aromatic N) is 4. The number of hydrogen-bond donors (Lipinski definition) is 1. The molecule has 0 aliphatic carbocycles. The molecule has 4 rings (SSSR count). The molecule has 1 saturated heterocycles. The molecule has 0 radical (unpaired) electrons. The lowest BCUT2D eigenvalue weighted by molar-refractivity contribution is -0.121. The molecule has 194 valence electrons. The van der Waals surface area contributed by atoms with Crippen LogP contribution in [0.5, 0.6) is 0 Å². The van der Waals surface area contributed by atoms with E-state index >= 15 is 0 Å². The summed E-state index contributed by atoms with van der Waals surface area (Å²) in [5, 5.41) is 7.44. The Bertz CT molecular complexity index is 1050. The number of hydrogen-bond acceptors (Lipinski definition) is 5. The molecule has 9 nitrogen and oxygen atoms in total. The smallest absolute Gasteiger partial charge is 0.274 e. The number of carbonyl (C=O) groups excluding carboxylic acids is 3. The molecule has 1 aromatic carbocycles. The van der Waals surface area contributed by atoms with Crippen LogP contribution in [0, 0.1) is 0 Å². The van der Waals surface area contributed by atoms with Crippen LogP contribution >= 0.6 is 0 Å². The maximum absolute atomic E-state index is 13.5. The summed E-state index contributed by atoms with van der Waals surface area (Å²) in [7, 11) is 0. The summed E-state index contributed by atoms with van der Waals surface area (Å²) >= 11 is 0. The monoisotopic (exact) mass is 495 g/mol. The highest BCUT2D eigenvalue weighted by Gasteiger charge is 2.29. The Morgan fingerprint density at radius 2 is 2.03 bits per heavy atom. The van der Waals surface area contributed by atoms with Crippen LogP contribution in [0.25, 0.3) is 0 Å². The predicted octanol–water partition coefficient (Wildman–Crippen LogP) is 2.86. The van der Waals surface area contributed by atoms with Crippen molar-refractivity contribution in [2.75, 3.05) is 26.2 Å². The fourth-order valence-electron chi connectivity index (χ4n) is 4.73. The highest BCUT2D eigenvalue weighted by atomic mass is 16.5. The topological polar surface area (TPSA) is 96.8 Å². The highest BCUT2D eigenvalue weighted by Crippen LogP contribution is 2.19. The maximum Gasteiger partial charge on any atom is 0.274 e. The Kier molecular flexibility index (Phi) is 8.74. The van der Waals surface area contributed by atoms with Crippen LogP contribution in [0.3, 0.4) is 0 Å². The molecule has 3 amide bonds. The average Bonchev–Trinajstić information content (AvgIpc) is 3.54. The molecule has 0 spiro atoms. The molecule has 2 aliphatic rings. The fourth-order valence-corrected chi connectivity index (χ4v) is 4.73. The first kappa shape index (κ1) is 25.9. The van der Waals surface area contributed by atoms with Gasteiger partial charge in [-0.05, 0) is 38.2 Å². The number of amides is 3. The minimum Gasteiger partial charge on any atom is -0.376 e. The first-order valence-electron chi connectivity index (χ1n) is 13.1. The first-order chi connectivity index (χ1) is 17.5. The molecule has 1 fully saturated rings. The number of benzene rings is 1. The van der Waals surface area contributed by atoms with Crippen molar-refractivity contribution in [3.63, 3.8) is 0 Å². The van der Waals surface area contributed by atoms with Crippen molar-refractivity contribution < 1.29 is 19.1 Å². The van der Waals surface area contributed by atoms with Gasteiger partial charge < -0.3 is 19.9 Å². The van der Waals surface area contributed by atoms with Gasteiger partial charge in [-0.25, -0.2) is 0 Å². The van der Waals surface area contributed by atoms with Gasteiger partial charge in [-0.1, -0.05) is 37.3 Å². The lowest BCUT2D eigenvalue weighted by Crippen LogP contribution is -2.41. The van der Waals surface area contributed by atoms with E-state index in [2.05, 4.69) is 10.4 Å². The maximum atomic E-state index is 13.5. The molecule has 9 heteroatoms. The minimum absolute atomic E-state index is 0.0600. The van der Waals surface area contributed by atoms with Gasteiger partial charge in [-0.15, -0.1) is 0 Å². The number of fused-ring (bicyclic) bond motifs is 1. The molecule has 0 saturated carbocycles. The minimum atomic E-state index is -0.251. The second kappa shape index (κ2) is 12.2. The lowest BCUT2D eigenvalue weighted by atomic mass is 10.1. The van der Waals surface area contributed by atoms with Crippen molar-refractivity contribution >= 4 is 17.7 Å². The second-order valence-electron chi connectivity index (χ2n) is 9.65. The van der Waals surface area contributed by atoms with Gasteiger partial charge in [0.1, 0.15) is 5.69 Å². The van der Waals surface area contributed by atoms with E-state index in [4.69, 9.17) is 4.74 Å². The summed E-state index contributed by atoms with van der Waals surface area (Å²) in [6.07, 6.45) is 3.80. The summed E-state index contributed by atoms with van der Waals surface area (Å²) in [5.74, 6) is -0.468. The Balaban J connectivity index is 1.42. The van der Waals surface area contributed by atoms with Crippen LogP contribution in [0.4, 0.5) is 0 Å². The van der Waals surface area contributed by atoms with E-state index in [1.807, 2.05) is 49.1 Å². The van der Waals surface area contributed by atoms with E-state index in [1.165, 1.54) is 0 Å². The number of nitrogens with one attached hydrogen (secondary N) is 1. The first-order valence-corrected chi connectivity index (χ1v) is 13.1. The lowest BCUT2D eigenvalue weighted by Gasteiger charge is -2.28. The van der Waals surface area contributed by atoms with E-state index in [9.17, 15) is 14.4 Å². The summed E-state index contributed by atoms with van der Waals surface area (Å²) < 4.78 is 7.21. The zero-order valence-electron chi connectivity index (χ0n) is 21.3. The van der Waals surface area contributed by atoms with Gasteiger partial charge in [0.25, 0.3) is 11.8 Å². The summed E-state index contributed by atoms with van der Waals surface area (Å²) in [6, 6.07) is 11.4. The Morgan fingerprint density at radius 3 is 2.75 bits per heavy atom. The van der Waals surface area contributed by atoms with Crippen molar-refractivity contribution in [3.05, 3.63) is 53.3 Å². The SMILES string of the molecule is CC[C@@H](C)N(CCC(=O)NC[C@H]1CCCO1)C(=O)c1cc2n(n1)CCCN(Cc1ccccc1)C2=O. The number of aryl methyl sites for hydroxylation is 1. The van der Waals surface area contributed by atoms with E-state index in [0.717, 1.165) is 37.9 Å². The average molecular weight is 496 g/mol. The zero-order valence-corrected chi connectivity index (χ0v) is 21.3. The second-order valence-corrected chi connectivity index (χ2v) is 9.65. The molecule has 2 atom stereocenters. The summed E-state index contributed by atoms with van der Waals surface area (Å²) in [4.78, 5) is 42.7. The zero-order chi connectivity index (χ0) is 25.5. The van der Waals surface area contributed by atoms with Gasteiger partial charge in [-0.2, -0.15) is 5.10 Å². The third-order valence-corrected chi connectivity index (χ3v) is 7.03. The van der Waals surface area contributed by atoms with Crippen molar-refractivity contribution in [2.24, 2.45) is 0 Å². The molecule has 0 bridgehead atoms. The molecule has 2 aromatic rings. The molecule has 0 unspecified atom stereocenters. The quantitative estimate of drug-likeness (QED) is 0.547. The van der Waals surface area contributed by atoms with Gasteiger partial charge in [-0.3, -0.25) is 19.1 Å². The van der Waals surface area contributed by atoms with Gasteiger partial charge in [0.15, 0.2) is 5.69 Å². The third kappa shape index (κ3) is 6.32. The van der Waals surface area contributed by atoms with Crippen molar-refractivity contribution in [3.8, 4) is 0 Å². The van der Waals surface area contributed by atoms with Crippen LogP contribution in [0.1, 0.15) is 72.5 Å². The largest absolute Gasteiger partial charge is 0.376 e. The molecule has 36 heavy (non-hydrogen) atoms. The highest BCUT2D eigenvalue weighted by molar-refractivity contribution is 5.98. The van der Waals surface area contributed by atoms with Gasteiger partial charge >= 0.3 is 0 Å². The van der Waals surface area contributed by atoms with E-state index < -0.39 is 0 Å². The number of ether oxygens (including phenoxy) is 1. The van der Waals surface area contributed by atoms with Crippen LogP contribution in [-0.4, -0.2) is 75.7 Å². The number of aromatic nitrogens is 2. The van der Waals surface area contributed by atoms with Crippen molar-refractivity contribution in [1.82, 2.24) is 24.9 Å². The molecular weight excluding hydrogens is 458 g/mol. The van der Waals surface area contributed by atoms with Crippen LogP contribution in [0.2, 0.25) is 0 Å². The molecule has 3 heterocycles. The van der Waals surface area contributed by atoms with Crippen LogP contribution in [-0.2, 0) is 22.6 Å². The van der Waals surface area contributed by atoms with Gasteiger partial charge in [0, 0.05) is 57.9 Å². The van der Waals surface area contributed by atoms with E-state index in [0.29, 0.717) is 38.4 Å². The van der Waals surface area contributed by atoms with Crippen LogP contribution in [0.15, 0.2) is 36.4 Å². The van der Waals surface area contributed by atoms with Crippen LogP contribution < -0.4 is 5.32 Å². The Labute approximate surface area is 212 Å². The fraction of sp³-hybridized carbons (Fsp3) is 0.556. The summed E-state index contributed by atoms with van der Waals surface area (Å²) in [5.41, 5.74) is 1.75. The normalized spacial score (nSPS) is 18.4. The number of rotatable bonds is 10. The van der Waals surface area contributed by atoms with E-state index in [1.54, 1.807) is 15.6 Å². The molecular formula is C27H37N5O4. The Morgan fingerprint density at radius 1 is 1.22 bits per heavy atom.